The molecule has 4 heterocycles. The SMILES string of the molecule is CN[C@@H]1CCN(C(=O)Cc2cc3cc(-c4nnc(C)s4)cnc3cn2)C[C@H]1F. The third-order valence-electron chi connectivity index (χ3n) is 4.99. The van der Waals surface area contributed by atoms with Crippen LogP contribution in [0.15, 0.2) is 24.5 Å². The van der Waals surface area contributed by atoms with Crippen molar-refractivity contribution >= 4 is 28.1 Å². The molecule has 0 aliphatic carbocycles. The maximum absolute atomic E-state index is 14.1. The first-order chi connectivity index (χ1) is 13.5. The van der Waals surface area contributed by atoms with Gasteiger partial charge in [-0.3, -0.25) is 14.8 Å². The summed E-state index contributed by atoms with van der Waals surface area (Å²) in [5.41, 5.74) is 2.28. The van der Waals surface area contributed by atoms with Crippen LogP contribution in [0, 0.1) is 6.92 Å². The fraction of sp³-hybridized carbons (Fsp3) is 0.421. The number of hydrogen-bond acceptors (Lipinski definition) is 7. The van der Waals surface area contributed by atoms with E-state index < -0.39 is 6.17 Å². The molecule has 3 aromatic rings. The predicted octanol–water partition coefficient (Wildman–Crippen LogP) is 2.16. The number of likely N-dealkylation sites (tertiary alicyclic amines) is 1. The van der Waals surface area contributed by atoms with Crippen molar-refractivity contribution in [2.75, 3.05) is 20.1 Å². The molecule has 1 amide bonds. The summed E-state index contributed by atoms with van der Waals surface area (Å²) in [6, 6.07) is 3.66. The Labute approximate surface area is 166 Å². The second kappa shape index (κ2) is 7.84. The molecular weight excluding hydrogens is 379 g/mol. The Morgan fingerprint density at radius 3 is 2.89 bits per heavy atom. The van der Waals surface area contributed by atoms with E-state index in [0.29, 0.717) is 18.7 Å². The summed E-state index contributed by atoms with van der Waals surface area (Å²) < 4.78 is 14.1. The van der Waals surface area contributed by atoms with E-state index in [4.69, 9.17) is 0 Å². The summed E-state index contributed by atoms with van der Waals surface area (Å²) in [5, 5.41) is 13.8. The number of amides is 1. The fourth-order valence-corrected chi connectivity index (χ4v) is 4.10. The highest BCUT2D eigenvalue weighted by molar-refractivity contribution is 7.14. The summed E-state index contributed by atoms with van der Waals surface area (Å²) >= 11 is 1.51. The van der Waals surface area contributed by atoms with Gasteiger partial charge in [0.1, 0.15) is 16.2 Å². The van der Waals surface area contributed by atoms with Crippen LogP contribution >= 0.6 is 11.3 Å². The van der Waals surface area contributed by atoms with Crippen LogP contribution in [0.3, 0.4) is 0 Å². The van der Waals surface area contributed by atoms with Crippen molar-refractivity contribution in [3.05, 3.63) is 35.2 Å². The molecule has 1 aliphatic rings. The standard InChI is InChI=1S/C19H21FN6OS/c1-11-24-25-19(28-11)13-5-12-6-14(22-9-17(12)23-8-13)7-18(27)26-4-3-16(21-2)15(20)10-26/h5-6,8-9,15-16,21H,3-4,7,10H2,1-2H3/t15-,16-/m1/s1. The Balaban J connectivity index is 1.51. The quantitative estimate of drug-likeness (QED) is 0.723. The Morgan fingerprint density at radius 1 is 1.32 bits per heavy atom. The zero-order valence-corrected chi connectivity index (χ0v) is 16.5. The van der Waals surface area contributed by atoms with Crippen LogP contribution in [0.5, 0.6) is 0 Å². The summed E-state index contributed by atoms with van der Waals surface area (Å²) in [5.74, 6) is -0.104. The molecule has 1 N–H and O–H groups in total. The zero-order valence-electron chi connectivity index (χ0n) is 15.7. The molecule has 0 aromatic carbocycles. The normalized spacial score (nSPS) is 19.9. The maximum atomic E-state index is 14.1. The number of hydrogen-bond donors (Lipinski definition) is 1. The summed E-state index contributed by atoms with van der Waals surface area (Å²) in [6.45, 7) is 2.59. The number of carbonyl (C=O) groups is 1. The van der Waals surface area contributed by atoms with Gasteiger partial charge in [-0.2, -0.15) is 0 Å². The number of nitrogens with zero attached hydrogens (tertiary/aromatic N) is 5. The fourth-order valence-electron chi connectivity index (χ4n) is 3.43. The molecule has 0 spiro atoms. The highest BCUT2D eigenvalue weighted by atomic mass is 32.1. The van der Waals surface area contributed by atoms with E-state index in [2.05, 4.69) is 25.5 Å². The number of aromatic nitrogens is 4. The van der Waals surface area contributed by atoms with Gasteiger partial charge in [0.15, 0.2) is 0 Å². The van der Waals surface area contributed by atoms with Gasteiger partial charge in [-0.15, -0.1) is 10.2 Å². The maximum Gasteiger partial charge on any atom is 0.228 e. The number of rotatable bonds is 4. The highest BCUT2D eigenvalue weighted by Gasteiger charge is 2.30. The van der Waals surface area contributed by atoms with Crippen LogP contribution in [0.1, 0.15) is 17.1 Å². The van der Waals surface area contributed by atoms with E-state index in [-0.39, 0.29) is 24.9 Å². The van der Waals surface area contributed by atoms with E-state index in [0.717, 1.165) is 26.5 Å². The molecule has 1 fully saturated rings. The lowest BCUT2D eigenvalue weighted by Crippen LogP contribution is -2.51. The molecule has 0 saturated carbocycles. The first-order valence-corrected chi connectivity index (χ1v) is 9.99. The van der Waals surface area contributed by atoms with Crippen LogP contribution in [0.25, 0.3) is 21.5 Å². The van der Waals surface area contributed by atoms with Gasteiger partial charge < -0.3 is 10.2 Å². The van der Waals surface area contributed by atoms with Crippen molar-refractivity contribution in [3.63, 3.8) is 0 Å². The molecule has 3 aromatic heterocycles. The molecule has 28 heavy (non-hydrogen) atoms. The smallest absolute Gasteiger partial charge is 0.228 e. The van der Waals surface area contributed by atoms with E-state index in [1.54, 1.807) is 24.3 Å². The zero-order chi connectivity index (χ0) is 19.7. The minimum atomic E-state index is -1.05. The summed E-state index contributed by atoms with van der Waals surface area (Å²) in [7, 11) is 1.75. The van der Waals surface area contributed by atoms with E-state index >= 15 is 0 Å². The van der Waals surface area contributed by atoms with E-state index in [1.165, 1.54) is 11.3 Å². The van der Waals surface area contributed by atoms with Gasteiger partial charge in [0.25, 0.3) is 0 Å². The molecule has 4 rings (SSSR count). The number of piperidine rings is 1. The minimum Gasteiger partial charge on any atom is -0.339 e. The van der Waals surface area contributed by atoms with Gasteiger partial charge in [0.2, 0.25) is 5.91 Å². The predicted molar refractivity (Wildman–Crippen MR) is 106 cm³/mol. The Kier molecular flexibility index (Phi) is 5.27. The lowest BCUT2D eigenvalue weighted by atomic mass is 10.0. The molecule has 1 saturated heterocycles. The first kappa shape index (κ1) is 18.8. The van der Waals surface area contributed by atoms with E-state index in [1.807, 2.05) is 19.1 Å². The third-order valence-corrected chi connectivity index (χ3v) is 5.88. The number of halogens is 1. The number of pyridine rings is 2. The lowest BCUT2D eigenvalue weighted by Gasteiger charge is -2.34. The number of alkyl halides is 1. The Hall–Kier alpha value is -2.52. The van der Waals surface area contributed by atoms with Crippen LogP contribution < -0.4 is 5.32 Å². The Morgan fingerprint density at radius 2 is 2.18 bits per heavy atom. The number of aryl methyl sites for hydroxylation is 1. The van der Waals surface area contributed by atoms with Gasteiger partial charge >= 0.3 is 0 Å². The number of carbonyl (C=O) groups excluding carboxylic acids is 1. The van der Waals surface area contributed by atoms with Crippen molar-refractivity contribution in [3.8, 4) is 10.6 Å². The number of fused-ring (bicyclic) bond motifs is 1. The molecule has 7 nitrogen and oxygen atoms in total. The van der Waals surface area contributed by atoms with Crippen molar-refractivity contribution in [2.24, 2.45) is 0 Å². The second-order valence-electron chi connectivity index (χ2n) is 6.93. The van der Waals surface area contributed by atoms with Crippen LogP contribution in [0.4, 0.5) is 4.39 Å². The molecule has 0 unspecified atom stereocenters. The average Bonchev–Trinajstić information content (AvgIpc) is 3.13. The summed E-state index contributed by atoms with van der Waals surface area (Å²) in [6.07, 6.45) is 3.13. The van der Waals surface area contributed by atoms with Gasteiger partial charge in [0.05, 0.1) is 30.4 Å². The second-order valence-corrected chi connectivity index (χ2v) is 8.12. The van der Waals surface area contributed by atoms with Crippen LogP contribution in [0.2, 0.25) is 0 Å². The van der Waals surface area contributed by atoms with Crippen molar-refractivity contribution in [1.29, 1.82) is 0 Å². The molecular formula is C19H21FN6OS. The number of nitrogens with one attached hydrogen (secondary N) is 1. The summed E-state index contributed by atoms with van der Waals surface area (Å²) in [4.78, 5) is 23.0. The molecule has 146 valence electrons. The van der Waals surface area contributed by atoms with E-state index in [9.17, 15) is 9.18 Å². The van der Waals surface area contributed by atoms with Gasteiger partial charge in [-0.25, -0.2) is 4.39 Å². The highest BCUT2D eigenvalue weighted by Crippen LogP contribution is 2.25. The topological polar surface area (TPSA) is 83.9 Å². The molecule has 0 bridgehead atoms. The van der Waals surface area contributed by atoms with Crippen LogP contribution in [-0.4, -0.2) is 63.3 Å². The monoisotopic (exact) mass is 400 g/mol. The Bertz CT molecular complexity index is 1010. The molecule has 1 aliphatic heterocycles. The molecule has 9 heteroatoms. The largest absolute Gasteiger partial charge is 0.339 e. The van der Waals surface area contributed by atoms with Gasteiger partial charge in [0, 0.05) is 29.7 Å². The van der Waals surface area contributed by atoms with Crippen molar-refractivity contribution < 1.29 is 9.18 Å². The lowest BCUT2D eigenvalue weighted by molar-refractivity contribution is -0.133. The van der Waals surface area contributed by atoms with Crippen LogP contribution in [-0.2, 0) is 11.2 Å². The molecule has 2 atom stereocenters. The third kappa shape index (κ3) is 3.85. The minimum absolute atomic E-state index is 0.104. The van der Waals surface area contributed by atoms with Gasteiger partial charge in [-0.1, -0.05) is 11.3 Å². The first-order valence-electron chi connectivity index (χ1n) is 9.18. The molecule has 0 radical (unpaired) electrons. The van der Waals surface area contributed by atoms with Crippen molar-refractivity contribution in [1.82, 2.24) is 30.4 Å². The average molecular weight is 400 g/mol. The van der Waals surface area contributed by atoms with Gasteiger partial charge in [-0.05, 0) is 32.5 Å². The van der Waals surface area contributed by atoms with Crippen molar-refractivity contribution in [2.45, 2.75) is 32.0 Å².